The van der Waals surface area contributed by atoms with E-state index in [-0.39, 0.29) is 5.92 Å². The molecule has 2 aromatic heterocycles. The number of ether oxygens (including phenoxy) is 1. The number of para-hydroxylation sites is 3. The van der Waals surface area contributed by atoms with Gasteiger partial charge < -0.3 is 14.7 Å². The van der Waals surface area contributed by atoms with Crippen molar-refractivity contribution in [2.75, 3.05) is 7.11 Å². The predicted octanol–water partition coefficient (Wildman–Crippen LogP) is 5.69. The Balaban J connectivity index is 1.79. The Morgan fingerprint density at radius 2 is 1.38 bits per heavy atom. The van der Waals surface area contributed by atoms with Crippen molar-refractivity contribution < 1.29 is 19.3 Å². The molecule has 2 N–H and O–H groups in total. The van der Waals surface area contributed by atoms with E-state index >= 15 is 0 Å². The molecule has 0 saturated heterocycles. The van der Waals surface area contributed by atoms with E-state index in [2.05, 4.69) is 22.1 Å². The third kappa shape index (κ3) is 3.36. The Morgan fingerprint density at radius 1 is 0.781 bits per heavy atom. The highest BCUT2D eigenvalue weighted by molar-refractivity contribution is 5.89. The summed E-state index contributed by atoms with van der Waals surface area (Å²) in [5.41, 5.74) is 5.05. The van der Waals surface area contributed by atoms with Gasteiger partial charge in [-0.25, -0.2) is 4.79 Å². The zero-order valence-electron chi connectivity index (χ0n) is 17.7. The minimum atomic E-state index is -0.544. The highest BCUT2D eigenvalue weighted by Gasteiger charge is 2.28. The molecule has 0 bridgehead atoms. The second kappa shape index (κ2) is 8.15. The molecule has 0 aliphatic rings. The molecular weight excluding hydrogens is 404 g/mol. The second-order valence-electron chi connectivity index (χ2n) is 7.55. The number of aromatic nitrogens is 2. The van der Waals surface area contributed by atoms with Gasteiger partial charge in [0.15, 0.2) is 5.75 Å². The van der Waals surface area contributed by atoms with E-state index < -0.39 is 5.97 Å². The average molecular weight is 426 g/mol. The first-order valence-corrected chi connectivity index (χ1v) is 10.3. The van der Waals surface area contributed by atoms with Crippen molar-refractivity contribution in [1.82, 2.24) is 9.97 Å². The van der Waals surface area contributed by atoms with Crippen molar-refractivity contribution in [3.63, 3.8) is 0 Å². The molecule has 160 valence electrons. The summed E-state index contributed by atoms with van der Waals surface area (Å²) in [5, 5.41) is 2.20. The third-order valence-corrected chi connectivity index (χ3v) is 5.65. The van der Waals surface area contributed by atoms with E-state index in [1.165, 1.54) is 6.92 Å². The molecule has 6 nitrogen and oxygen atoms in total. The molecule has 0 atom stereocenters. The van der Waals surface area contributed by atoms with E-state index in [0.29, 0.717) is 11.5 Å². The Hall–Kier alpha value is -4.19. The van der Waals surface area contributed by atoms with Gasteiger partial charge >= 0.3 is 5.97 Å². The molecule has 6 heteroatoms. The molecule has 2 heterocycles. The lowest BCUT2D eigenvalue weighted by Crippen LogP contribution is -2.10. The van der Waals surface area contributed by atoms with Crippen LogP contribution < -0.4 is 9.62 Å². The summed E-state index contributed by atoms with van der Waals surface area (Å²) < 4.78 is 5.55. The predicted molar refractivity (Wildman–Crippen MR) is 123 cm³/mol. The van der Waals surface area contributed by atoms with Gasteiger partial charge in [0.05, 0.1) is 7.11 Å². The van der Waals surface area contributed by atoms with E-state index in [1.54, 1.807) is 13.2 Å². The number of nitrogens with one attached hydrogen (secondary N) is 2. The summed E-state index contributed by atoms with van der Waals surface area (Å²) in [6.45, 7) is 1.30. The van der Waals surface area contributed by atoms with Crippen LogP contribution in [0.1, 0.15) is 29.5 Å². The number of carbonyl (C=O) groups is 1. The number of rotatable bonds is 6. The Labute approximate surface area is 184 Å². The zero-order valence-corrected chi connectivity index (χ0v) is 17.7. The average Bonchev–Trinajstić information content (AvgIpc) is 3.43. The number of fused-ring (bicyclic) bond motifs is 2. The quantitative estimate of drug-likeness (QED) is 0.270. The third-order valence-electron chi connectivity index (χ3n) is 5.65. The van der Waals surface area contributed by atoms with Crippen molar-refractivity contribution in [2.24, 2.45) is 0 Å². The molecular formula is C26H22N2O4. The van der Waals surface area contributed by atoms with Crippen LogP contribution in [0.2, 0.25) is 0 Å². The van der Waals surface area contributed by atoms with E-state index in [1.807, 2.05) is 60.9 Å². The van der Waals surface area contributed by atoms with Gasteiger partial charge in [0.25, 0.3) is 0 Å². The maximum atomic E-state index is 11.5. The van der Waals surface area contributed by atoms with Crippen LogP contribution in [0.5, 0.6) is 11.5 Å². The Kier molecular flexibility index (Phi) is 5.03. The van der Waals surface area contributed by atoms with Crippen LogP contribution >= 0.6 is 0 Å². The van der Waals surface area contributed by atoms with Crippen molar-refractivity contribution in [1.29, 1.82) is 0 Å². The van der Waals surface area contributed by atoms with Crippen molar-refractivity contribution in [3.05, 3.63) is 95.8 Å². The first kappa shape index (κ1) is 19.8. The molecule has 0 radical (unpaired) electrons. The van der Waals surface area contributed by atoms with Gasteiger partial charge in [-0.3, -0.25) is 9.78 Å². The maximum Gasteiger partial charge on any atom is 0.352 e. The van der Waals surface area contributed by atoms with Gasteiger partial charge in [0.2, 0.25) is 5.75 Å². The molecule has 5 aromatic rings. The highest BCUT2D eigenvalue weighted by atomic mass is 17.2. The molecule has 0 spiro atoms. The molecule has 0 aliphatic heterocycles. The number of hydrogen-bond acceptors (Lipinski definition) is 4. The van der Waals surface area contributed by atoms with Crippen LogP contribution in [0.3, 0.4) is 0 Å². The van der Waals surface area contributed by atoms with Crippen molar-refractivity contribution in [2.45, 2.75) is 12.8 Å². The highest BCUT2D eigenvalue weighted by Crippen LogP contribution is 2.45. The monoisotopic (exact) mass is 426 g/mol. The van der Waals surface area contributed by atoms with Gasteiger partial charge in [0.1, 0.15) is 0 Å². The smallest absolute Gasteiger partial charge is 0.352 e. The molecule has 0 amide bonds. The number of methoxy groups -OCH3 is 1. The topological polar surface area (TPSA) is 76.3 Å². The van der Waals surface area contributed by atoms with E-state index in [0.717, 1.165) is 38.5 Å². The molecule has 0 aliphatic carbocycles. The number of aromatic amines is 2. The number of benzene rings is 3. The van der Waals surface area contributed by atoms with Gasteiger partial charge in [-0.1, -0.05) is 48.5 Å². The Morgan fingerprint density at radius 3 is 1.94 bits per heavy atom. The van der Waals surface area contributed by atoms with Crippen LogP contribution in [-0.4, -0.2) is 23.0 Å². The molecule has 0 unspecified atom stereocenters. The fraction of sp³-hybridized carbons (Fsp3) is 0.115. The van der Waals surface area contributed by atoms with Gasteiger partial charge in [-0.2, -0.15) is 0 Å². The lowest BCUT2D eigenvalue weighted by atomic mass is 9.84. The van der Waals surface area contributed by atoms with E-state index in [4.69, 9.17) is 14.5 Å². The zero-order chi connectivity index (χ0) is 22.1. The molecule has 0 fully saturated rings. The lowest BCUT2D eigenvalue weighted by molar-refractivity contribution is -0.211. The summed E-state index contributed by atoms with van der Waals surface area (Å²) in [5.74, 6) is 0.0831. The lowest BCUT2D eigenvalue weighted by Gasteiger charge is -2.21. The number of H-pyrrole nitrogens is 2. The van der Waals surface area contributed by atoms with Crippen LogP contribution in [0.25, 0.3) is 21.8 Å². The summed E-state index contributed by atoms with van der Waals surface area (Å²) >= 11 is 0. The SMILES string of the molecule is COc1cccc(C(c2c[nH]c3ccccc23)c2c[nH]c3ccccc23)c1OOC(C)=O. The maximum absolute atomic E-state index is 11.5. The minimum Gasteiger partial charge on any atom is -0.493 e. The second-order valence-corrected chi connectivity index (χ2v) is 7.55. The van der Waals surface area contributed by atoms with Crippen LogP contribution in [-0.2, 0) is 9.68 Å². The van der Waals surface area contributed by atoms with Crippen molar-refractivity contribution >= 4 is 27.8 Å². The summed E-state index contributed by atoms with van der Waals surface area (Å²) in [4.78, 5) is 28.7. The van der Waals surface area contributed by atoms with Crippen LogP contribution in [0.15, 0.2) is 79.1 Å². The van der Waals surface area contributed by atoms with Gasteiger partial charge in [-0.05, 0) is 29.3 Å². The fourth-order valence-corrected chi connectivity index (χ4v) is 4.28. The van der Waals surface area contributed by atoms with Crippen LogP contribution in [0.4, 0.5) is 0 Å². The van der Waals surface area contributed by atoms with Gasteiger partial charge in [-0.15, -0.1) is 0 Å². The fourth-order valence-electron chi connectivity index (χ4n) is 4.28. The molecule has 0 saturated carbocycles. The molecule has 3 aromatic carbocycles. The largest absolute Gasteiger partial charge is 0.493 e. The van der Waals surface area contributed by atoms with Crippen molar-refractivity contribution in [3.8, 4) is 11.5 Å². The first-order chi connectivity index (χ1) is 15.7. The summed E-state index contributed by atoms with van der Waals surface area (Å²) in [6, 6.07) is 22.0. The standard InChI is InChI=1S/C26H22N2O4/c1-16(29)31-32-26-19(10-7-13-24(26)30-2)25(20-14-27-22-11-5-3-8-17(20)22)21-15-28-23-12-6-4-9-18(21)23/h3-15,25,27-28H,1-2H3. The summed E-state index contributed by atoms with van der Waals surface area (Å²) in [7, 11) is 1.56. The number of hydrogen-bond donors (Lipinski definition) is 2. The Bertz CT molecular complexity index is 1340. The molecule has 5 rings (SSSR count). The van der Waals surface area contributed by atoms with E-state index in [9.17, 15) is 4.79 Å². The summed E-state index contributed by atoms with van der Waals surface area (Å²) in [6.07, 6.45) is 4.04. The minimum absolute atomic E-state index is 0.219. The normalized spacial score (nSPS) is 11.2. The molecule has 32 heavy (non-hydrogen) atoms. The number of carbonyl (C=O) groups excluding carboxylic acids is 1. The van der Waals surface area contributed by atoms with Gasteiger partial charge in [0, 0.05) is 52.6 Å². The van der Waals surface area contributed by atoms with Crippen LogP contribution in [0, 0.1) is 0 Å². The first-order valence-electron chi connectivity index (χ1n) is 10.3.